The summed E-state index contributed by atoms with van der Waals surface area (Å²) in [6.07, 6.45) is 2.75. The van der Waals surface area contributed by atoms with Crippen LogP contribution in [0, 0.1) is 0 Å². The Balaban J connectivity index is 1.84. The highest BCUT2D eigenvalue weighted by Crippen LogP contribution is 2.33. The molecule has 0 bridgehead atoms. The molecule has 2 heterocycles. The van der Waals surface area contributed by atoms with Crippen LogP contribution in [0.25, 0.3) is 10.2 Å². The van der Waals surface area contributed by atoms with Crippen LogP contribution < -0.4 is 4.90 Å². The van der Waals surface area contributed by atoms with Gasteiger partial charge in [0.1, 0.15) is 0 Å². The Kier molecular flexibility index (Phi) is 5.68. The molecule has 0 aliphatic rings. The van der Waals surface area contributed by atoms with Gasteiger partial charge in [-0.15, -0.1) is 0 Å². The largest absolute Gasteiger partial charge is 0.278 e. The standard InChI is InChI=1S/C21H16BrN3O3S2/c1-30(27,28)19-8-3-2-7-16(19)20(26)25(13-15-6-4-5-11-23-15)21-24-17-10-9-14(22)12-18(17)29-21/h2-12H,13H2,1H3. The summed E-state index contributed by atoms with van der Waals surface area (Å²) in [6, 6.07) is 17.3. The van der Waals surface area contributed by atoms with Gasteiger partial charge >= 0.3 is 0 Å². The van der Waals surface area contributed by atoms with Gasteiger partial charge in [0.15, 0.2) is 15.0 Å². The molecule has 0 radical (unpaired) electrons. The first kappa shape index (κ1) is 20.6. The number of benzene rings is 2. The fourth-order valence-corrected chi connectivity index (χ4v) is 5.39. The number of carbonyl (C=O) groups excluding carboxylic acids is 1. The Hall–Kier alpha value is -2.62. The number of thiazole rings is 1. The Morgan fingerprint density at radius 3 is 2.60 bits per heavy atom. The average Bonchev–Trinajstić information content (AvgIpc) is 3.14. The van der Waals surface area contributed by atoms with Gasteiger partial charge in [0.2, 0.25) is 0 Å². The Morgan fingerprint density at radius 2 is 1.87 bits per heavy atom. The molecule has 0 unspecified atom stereocenters. The number of hydrogen-bond donors (Lipinski definition) is 0. The normalized spacial score (nSPS) is 11.5. The SMILES string of the molecule is CS(=O)(=O)c1ccccc1C(=O)N(Cc1ccccn1)c1nc2ccc(Br)cc2s1. The van der Waals surface area contributed by atoms with E-state index in [1.54, 1.807) is 24.4 Å². The van der Waals surface area contributed by atoms with E-state index in [0.717, 1.165) is 20.9 Å². The number of hydrogen-bond acceptors (Lipinski definition) is 6. The third kappa shape index (κ3) is 4.28. The van der Waals surface area contributed by atoms with Crippen molar-refractivity contribution in [2.45, 2.75) is 11.4 Å². The lowest BCUT2D eigenvalue weighted by molar-refractivity contribution is 0.0981. The first-order valence-electron chi connectivity index (χ1n) is 8.90. The number of anilines is 1. The van der Waals surface area contributed by atoms with Gasteiger partial charge in [-0.3, -0.25) is 14.7 Å². The molecule has 6 nitrogen and oxygen atoms in total. The predicted octanol–water partition coefficient (Wildman–Crippen LogP) is 4.70. The maximum absolute atomic E-state index is 13.6. The number of pyridine rings is 1. The molecule has 0 aliphatic carbocycles. The molecule has 9 heteroatoms. The van der Waals surface area contributed by atoms with Gasteiger partial charge in [0.05, 0.1) is 32.9 Å². The molecular formula is C21H16BrN3O3S2. The van der Waals surface area contributed by atoms with Crippen molar-refractivity contribution in [2.75, 3.05) is 11.2 Å². The van der Waals surface area contributed by atoms with Gasteiger partial charge in [-0.05, 0) is 42.5 Å². The van der Waals surface area contributed by atoms with E-state index in [4.69, 9.17) is 0 Å². The highest BCUT2D eigenvalue weighted by atomic mass is 79.9. The van der Waals surface area contributed by atoms with Crippen molar-refractivity contribution in [2.24, 2.45) is 0 Å². The molecule has 0 spiro atoms. The minimum atomic E-state index is -3.58. The lowest BCUT2D eigenvalue weighted by atomic mass is 10.2. The van der Waals surface area contributed by atoms with Gasteiger partial charge < -0.3 is 0 Å². The lowest BCUT2D eigenvalue weighted by Crippen LogP contribution is -2.31. The lowest BCUT2D eigenvalue weighted by Gasteiger charge is -2.20. The zero-order valence-electron chi connectivity index (χ0n) is 15.8. The predicted molar refractivity (Wildman–Crippen MR) is 122 cm³/mol. The summed E-state index contributed by atoms with van der Waals surface area (Å²) < 4.78 is 26.3. The van der Waals surface area contributed by atoms with Gasteiger partial charge in [0.25, 0.3) is 5.91 Å². The quantitative estimate of drug-likeness (QED) is 0.395. The molecule has 30 heavy (non-hydrogen) atoms. The van der Waals surface area contributed by atoms with Crippen molar-refractivity contribution in [1.82, 2.24) is 9.97 Å². The fourth-order valence-electron chi connectivity index (χ4n) is 2.99. The molecule has 152 valence electrons. The van der Waals surface area contributed by atoms with E-state index < -0.39 is 15.7 Å². The molecule has 0 aliphatic heterocycles. The summed E-state index contributed by atoms with van der Waals surface area (Å²) in [6.45, 7) is 0.165. The van der Waals surface area contributed by atoms with Crippen LogP contribution in [0.4, 0.5) is 5.13 Å². The first-order chi connectivity index (χ1) is 14.3. The van der Waals surface area contributed by atoms with E-state index in [0.29, 0.717) is 10.8 Å². The Labute approximate surface area is 186 Å². The summed E-state index contributed by atoms with van der Waals surface area (Å²) in [4.78, 5) is 24.0. The van der Waals surface area contributed by atoms with Crippen molar-refractivity contribution < 1.29 is 13.2 Å². The maximum Gasteiger partial charge on any atom is 0.261 e. The maximum atomic E-state index is 13.6. The van der Waals surface area contributed by atoms with Crippen molar-refractivity contribution in [1.29, 1.82) is 0 Å². The second-order valence-electron chi connectivity index (χ2n) is 6.59. The summed E-state index contributed by atoms with van der Waals surface area (Å²) in [5.74, 6) is -0.445. The number of sulfone groups is 1. The number of nitrogens with zero attached hydrogens (tertiary/aromatic N) is 3. The molecule has 0 saturated heterocycles. The van der Waals surface area contributed by atoms with Crippen molar-refractivity contribution >= 4 is 58.4 Å². The molecule has 0 fully saturated rings. The van der Waals surface area contributed by atoms with Crippen molar-refractivity contribution in [3.63, 3.8) is 0 Å². The summed E-state index contributed by atoms with van der Waals surface area (Å²) in [7, 11) is -3.58. The van der Waals surface area contributed by atoms with Crippen LogP contribution in [0.3, 0.4) is 0 Å². The molecule has 0 saturated carbocycles. The molecule has 4 aromatic rings. The molecule has 1 amide bonds. The second kappa shape index (κ2) is 8.25. The van der Waals surface area contributed by atoms with Crippen molar-refractivity contribution in [3.8, 4) is 0 Å². The number of rotatable bonds is 5. The van der Waals surface area contributed by atoms with E-state index in [2.05, 4.69) is 25.9 Å². The van der Waals surface area contributed by atoms with Gasteiger partial charge in [0, 0.05) is 16.9 Å². The zero-order chi connectivity index (χ0) is 21.3. The van der Waals surface area contributed by atoms with Crippen LogP contribution in [0.15, 0.2) is 76.2 Å². The Bertz CT molecular complexity index is 1340. The molecular weight excluding hydrogens is 486 g/mol. The number of carbonyl (C=O) groups is 1. The minimum Gasteiger partial charge on any atom is -0.278 e. The zero-order valence-corrected chi connectivity index (χ0v) is 19.0. The summed E-state index contributed by atoms with van der Waals surface area (Å²) in [5, 5.41) is 0.474. The molecule has 2 aromatic heterocycles. The highest BCUT2D eigenvalue weighted by Gasteiger charge is 2.26. The van der Waals surface area contributed by atoms with Crippen LogP contribution in [-0.2, 0) is 16.4 Å². The highest BCUT2D eigenvalue weighted by molar-refractivity contribution is 9.10. The molecule has 0 N–H and O–H groups in total. The van der Waals surface area contributed by atoms with Crippen LogP contribution >= 0.6 is 27.3 Å². The fraction of sp³-hybridized carbons (Fsp3) is 0.0952. The van der Waals surface area contributed by atoms with Crippen LogP contribution in [0.5, 0.6) is 0 Å². The van der Waals surface area contributed by atoms with Crippen LogP contribution in [0.2, 0.25) is 0 Å². The number of aromatic nitrogens is 2. The van der Waals surface area contributed by atoms with Crippen molar-refractivity contribution in [3.05, 3.63) is 82.6 Å². The van der Waals surface area contributed by atoms with E-state index in [1.165, 1.54) is 28.4 Å². The number of amides is 1. The monoisotopic (exact) mass is 501 g/mol. The summed E-state index contributed by atoms with van der Waals surface area (Å²) in [5.41, 5.74) is 1.54. The third-order valence-electron chi connectivity index (χ3n) is 4.38. The Morgan fingerprint density at radius 1 is 1.10 bits per heavy atom. The van der Waals surface area contributed by atoms with Crippen LogP contribution in [0.1, 0.15) is 16.1 Å². The number of halogens is 1. The van der Waals surface area contributed by atoms with Gasteiger partial charge in [-0.2, -0.15) is 0 Å². The second-order valence-corrected chi connectivity index (χ2v) is 10.5. The first-order valence-corrected chi connectivity index (χ1v) is 12.4. The topological polar surface area (TPSA) is 80.2 Å². The number of fused-ring (bicyclic) bond motifs is 1. The summed E-state index contributed by atoms with van der Waals surface area (Å²) >= 11 is 4.81. The average molecular weight is 502 g/mol. The molecule has 0 atom stereocenters. The van der Waals surface area contributed by atoms with Crippen LogP contribution in [-0.4, -0.2) is 30.5 Å². The van der Waals surface area contributed by atoms with E-state index >= 15 is 0 Å². The molecule has 4 rings (SSSR count). The van der Waals surface area contributed by atoms with Gasteiger partial charge in [-0.25, -0.2) is 13.4 Å². The minimum absolute atomic E-state index is 0.00937. The van der Waals surface area contributed by atoms with Gasteiger partial charge in [-0.1, -0.05) is 45.5 Å². The van der Waals surface area contributed by atoms with E-state index in [-0.39, 0.29) is 17.0 Å². The third-order valence-corrected chi connectivity index (χ3v) is 7.07. The van der Waals surface area contributed by atoms with E-state index in [1.807, 2.05) is 30.3 Å². The smallest absolute Gasteiger partial charge is 0.261 e. The molecule has 2 aromatic carbocycles. The van der Waals surface area contributed by atoms with E-state index in [9.17, 15) is 13.2 Å².